The summed E-state index contributed by atoms with van der Waals surface area (Å²) in [7, 11) is 0. The van der Waals surface area contributed by atoms with Crippen LogP contribution in [-0.2, 0) is 4.79 Å². The third-order valence-electron chi connectivity index (χ3n) is 1.36. The normalized spacial score (nSPS) is 12.8. The first-order valence-corrected chi connectivity index (χ1v) is 4.20. The number of carbonyl (C=O) groups excluding carboxylic acids is 1. The Labute approximate surface area is 74.7 Å². The van der Waals surface area contributed by atoms with Crippen molar-refractivity contribution in [3.8, 4) is 0 Å². The molecule has 0 spiro atoms. The molecule has 0 aliphatic carbocycles. The van der Waals surface area contributed by atoms with E-state index in [9.17, 15) is 4.79 Å². The molecule has 0 rings (SSSR count). The van der Waals surface area contributed by atoms with Gasteiger partial charge in [0.1, 0.15) is 0 Å². The molecule has 0 aliphatic rings. The number of rotatable bonds is 2. The molecule has 3 heteroatoms. The summed E-state index contributed by atoms with van der Waals surface area (Å²) in [4.78, 5) is 11.3. The molecule has 3 nitrogen and oxygen atoms in total. The van der Waals surface area contributed by atoms with E-state index >= 15 is 0 Å². The minimum absolute atomic E-state index is 0.0996. The van der Waals surface area contributed by atoms with Crippen molar-refractivity contribution in [2.75, 3.05) is 6.54 Å². The second-order valence-corrected chi connectivity index (χ2v) is 4.97. The van der Waals surface area contributed by atoms with E-state index < -0.39 is 5.54 Å². The van der Waals surface area contributed by atoms with Crippen molar-refractivity contribution in [1.82, 2.24) is 5.32 Å². The van der Waals surface area contributed by atoms with Gasteiger partial charge in [-0.2, -0.15) is 0 Å². The summed E-state index contributed by atoms with van der Waals surface area (Å²) >= 11 is 0. The van der Waals surface area contributed by atoms with Gasteiger partial charge < -0.3 is 11.1 Å². The Bertz CT molecular complexity index is 162. The van der Waals surface area contributed by atoms with Gasteiger partial charge in [0.2, 0.25) is 5.91 Å². The van der Waals surface area contributed by atoms with Crippen molar-refractivity contribution in [3.05, 3.63) is 0 Å². The van der Waals surface area contributed by atoms with E-state index in [-0.39, 0.29) is 11.3 Å². The van der Waals surface area contributed by atoms with Gasteiger partial charge in [-0.05, 0) is 19.3 Å². The van der Waals surface area contributed by atoms with Crippen LogP contribution in [-0.4, -0.2) is 18.0 Å². The van der Waals surface area contributed by atoms with Gasteiger partial charge in [0.25, 0.3) is 0 Å². The van der Waals surface area contributed by atoms with Crippen LogP contribution < -0.4 is 11.1 Å². The number of amides is 1. The number of carbonyl (C=O) groups is 1. The van der Waals surface area contributed by atoms with Crippen LogP contribution in [0.5, 0.6) is 0 Å². The Morgan fingerprint density at radius 3 is 1.92 bits per heavy atom. The zero-order valence-corrected chi connectivity index (χ0v) is 8.69. The largest absolute Gasteiger partial charge is 0.354 e. The second-order valence-electron chi connectivity index (χ2n) is 4.97. The maximum absolute atomic E-state index is 11.3. The lowest BCUT2D eigenvalue weighted by molar-refractivity contribution is -0.125. The average molecular weight is 172 g/mol. The number of nitrogens with one attached hydrogen (secondary N) is 1. The molecular formula is C9H20N2O. The fourth-order valence-corrected chi connectivity index (χ4v) is 0.573. The van der Waals surface area contributed by atoms with E-state index in [1.807, 2.05) is 0 Å². The maximum atomic E-state index is 11.3. The third kappa shape index (κ3) is 5.13. The minimum atomic E-state index is -0.773. The van der Waals surface area contributed by atoms with Crippen LogP contribution in [0.3, 0.4) is 0 Å². The summed E-state index contributed by atoms with van der Waals surface area (Å²) < 4.78 is 0. The standard InChI is InChI=1S/C9H20N2O/c1-8(2,3)6-11-7(12)9(4,5)10/h6,10H2,1-5H3,(H,11,12). The number of hydrogen-bond donors (Lipinski definition) is 2. The van der Waals surface area contributed by atoms with Crippen LogP contribution in [0.25, 0.3) is 0 Å². The Morgan fingerprint density at radius 1 is 1.25 bits per heavy atom. The Hall–Kier alpha value is -0.570. The molecule has 0 aromatic heterocycles. The van der Waals surface area contributed by atoms with E-state index in [0.717, 1.165) is 0 Å². The van der Waals surface area contributed by atoms with Crippen molar-refractivity contribution < 1.29 is 4.79 Å². The first-order chi connectivity index (χ1) is 5.13. The van der Waals surface area contributed by atoms with Crippen molar-refractivity contribution in [2.45, 2.75) is 40.2 Å². The Kier molecular flexibility index (Phi) is 3.27. The predicted octanol–water partition coefficient (Wildman–Crippen LogP) is 0.886. The van der Waals surface area contributed by atoms with Gasteiger partial charge in [0.15, 0.2) is 0 Å². The van der Waals surface area contributed by atoms with Gasteiger partial charge in [-0.25, -0.2) is 0 Å². The molecule has 0 radical (unpaired) electrons. The number of hydrogen-bond acceptors (Lipinski definition) is 2. The van der Waals surface area contributed by atoms with Crippen LogP contribution in [0.4, 0.5) is 0 Å². The molecule has 0 aromatic rings. The molecule has 0 atom stereocenters. The molecule has 0 heterocycles. The smallest absolute Gasteiger partial charge is 0.239 e. The summed E-state index contributed by atoms with van der Waals surface area (Å²) in [6.45, 7) is 10.3. The fourth-order valence-electron chi connectivity index (χ4n) is 0.573. The van der Waals surface area contributed by atoms with Crippen molar-refractivity contribution in [1.29, 1.82) is 0 Å². The van der Waals surface area contributed by atoms with Crippen LogP contribution >= 0.6 is 0 Å². The van der Waals surface area contributed by atoms with Crippen LogP contribution in [0.2, 0.25) is 0 Å². The Balaban J connectivity index is 3.90. The SMILES string of the molecule is CC(C)(C)CNC(=O)C(C)(C)N. The molecule has 1 amide bonds. The van der Waals surface area contributed by atoms with Gasteiger partial charge in [-0.3, -0.25) is 4.79 Å². The molecule has 0 saturated heterocycles. The lowest BCUT2D eigenvalue weighted by Gasteiger charge is -2.23. The highest BCUT2D eigenvalue weighted by Crippen LogP contribution is 2.10. The molecule has 72 valence electrons. The molecule has 0 fully saturated rings. The monoisotopic (exact) mass is 172 g/mol. The van der Waals surface area contributed by atoms with E-state index in [0.29, 0.717) is 6.54 Å². The molecule has 0 aliphatic heterocycles. The Morgan fingerprint density at radius 2 is 1.67 bits per heavy atom. The zero-order chi connectivity index (χ0) is 9.99. The molecule has 12 heavy (non-hydrogen) atoms. The maximum Gasteiger partial charge on any atom is 0.239 e. The third-order valence-corrected chi connectivity index (χ3v) is 1.36. The summed E-state index contributed by atoms with van der Waals surface area (Å²) in [6, 6.07) is 0. The van der Waals surface area contributed by atoms with E-state index in [4.69, 9.17) is 5.73 Å². The summed E-state index contributed by atoms with van der Waals surface area (Å²) in [5.41, 5.74) is 4.94. The van der Waals surface area contributed by atoms with E-state index in [2.05, 4.69) is 26.1 Å². The summed E-state index contributed by atoms with van der Waals surface area (Å²) in [5, 5.41) is 2.80. The predicted molar refractivity (Wildman–Crippen MR) is 50.7 cm³/mol. The second kappa shape index (κ2) is 3.44. The van der Waals surface area contributed by atoms with Crippen molar-refractivity contribution in [3.63, 3.8) is 0 Å². The van der Waals surface area contributed by atoms with Crippen molar-refractivity contribution in [2.24, 2.45) is 11.1 Å². The van der Waals surface area contributed by atoms with Gasteiger partial charge in [-0.1, -0.05) is 20.8 Å². The number of nitrogens with two attached hydrogens (primary N) is 1. The van der Waals surface area contributed by atoms with Crippen LogP contribution in [0.15, 0.2) is 0 Å². The average Bonchev–Trinajstić information content (AvgIpc) is 1.78. The lowest BCUT2D eigenvalue weighted by Crippen LogP contribution is -2.50. The highest BCUT2D eigenvalue weighted by atomic mass is 16.2. The minimum Gasteiger partial charge on any atom is -0.354 e. The highest BCUT2D eigenvalue weighted by molar-refractivity contribution is 5.85. The first-order valence-electron chi connectivity index (χ1n) is 4.20. The molecule has 0 saturated carbocycles. The molecule has 0 bridgehead atoms. The van der Waals surface area contributed by atoms with Gasteiger partial charge >= 0.3 is 0 Å². The quantitative estimate of drug-likeness (QED) is 0.650. The molecule has 3 N–H and O–H groups in total. The van der Waals surface area contributed by atoms with Gasteiger partial charge in [-0.15, -0.1) is 0 Å². The summed E-state index contributed by atoms with van der Waals surface area (Å²) in [6.07, 6.45) is 0. The molecule has 0 aromatic carbocycles. The fraction of sp³-hybridized carbons (Fsp3) is 0.889. The zero-order valence-electron chi connectivity index (χ0n) is 8.69. The lowest BCUT2D eigenvalue weighted by atomic mass is 9.96. The van der Waals surface area contributed by atoms with Crippen LogP contribution in [0.1, 0.15) is 34.6 Å². The molecular weight excluding hydrogens is 152 g/mol. The molecule has 0 unspecified atom stereocenters. The van der Waals surface area contributed by atoms with Crippen LogP contribution in [0, 0.1) is 5.41 Å². The first kappa shape index (κ1) is 11.4. The van der Waals surface area contributed by atoms with E-state index in [1.165, 1.54) is 0 Å². The highest BCUT2D eigenvalue weighted by Gasteiger charge is 2.22. The topological polar surface area (TPSA) is 55.1 Å². The summed E-state index contributed by atoms with van der Waals surface area (Å²) in [5.74, 6) is -0.0996. The van der Waals surface area contributed by atoms with E-state index in [1.54, 1.807) is 13.8 Å². The van der Waals surface area contributed by atoms with Gasteiger partial charge in [0.05, 0.1) is 5.54 Å². The van der Waals surface area contributed by atoms with Crippen molar-refractivity contribution >= 4 is 5.91 Å². The van der Waals surface area contributed by atoms with Gasteiger partial charge in [0, 0.05) is 6.54 Å².